The van der Waals surface area contributed by atoms with E-state index in [1.807, 2.05) is 13.0 Å². The van der Waals surface area contributed by atoms with E-state index in [1.54, 1.807) is 48.7 Å². The van der Waals surface area contributed by atoms with Crippen LogP contribution in [0.2, 0.25) is 0 Å². The Morgan fingerprint density at radius 1 is 1.30 bits per heavy atom. The fourth-order valence-corrected chi connectivity index (χ4v) is 1.85. The van der Waals surface area contributed by atoms with Crippen LogP contribution in [-0.4, -0.2) is 17.4 Å². The zero-order chi connectivity index (χ0) is 14.4. The summed E-state index contributed by atoms with van der Waals surface area (Å²) in [7, 11) is 0. The van der Waals surface area contributed by atoms with E-state index >= 15 is 0 Å². The molecule has 0 aliphatic carbocycles. The fourth-order valence-electron chi connectivity index (χ4n) is 1.85. The fraction of sp³-hybridized carbons (Fsp3) is 0.188. The van der Waals surface area contributed by atoms with Gasteiger partial charge in [0.25, 0.3) is 0 Å². The number of carbonyl (C=O) groups is 1. The molecule has 1 atom stereocenters. The third kappa shape index (κ3) is 3.01. The maximum Gasteiger partial charge on any atom is 0.186 e. The summed E-state index contributed by atoms with van der Waals surface area (Å²) >= 11 is 0. The standard InChI is InChI=1S/C16H14N2O2/c1-2-20-13-8-6-12(7-9-13)16(19)14(11-17)15-5-3-4-10-18-15/h3-10,14H,2H2,1H3/t14-/m0/s1. The van der Waals surface area contributed by atoms with Crippen molar-refractivity contribution in [2.45, 2.75) is 12.8 Å². The second-order valence-corrected chi connectivity index (χ2v) is 4.14. The smallest absolute Gasteiger partial charge is 0.186 e. The molecule has 0 fully saturated rings. The van der Waals surface area contributed by atoms with Crippen LogP contribution in [0.3, 0.4) is 0 Å². The Morgan fingerprint density at radius 3 is 2.60 bits per heavy atom. The number of Topliss-reactive ketones (excluding diaryl/α,β-unsaturated/α-hetero) is 1. The number of ketones is 1. The molecule has 0 aliphatic rings. The third-order valence-corrected chi connectivity index (χ3v) is 2.82. The number of rotatable bonds is 5. The van der Waals surface area contributed by atoms with E-state index in [0.29, 0.717) is 23.6 Å². The number of hydrogen-bond donors (Lipinski definition) is 0. The maximum absolute atomic E-state index is 12.3. The molecule has 1 aromatic heterocycles. The molecule has 0 unspecified atom stereocenters. The van der Waals surface area contributed by atoms with Crippen molar-refractivity contribution >= 4 is 5.78 Å². The Labute approximate surface area is 117 Å². The van der Waals surface area contributed by atoms with Gasteiger partial charge in [0.05, 0.1) is 18.4 Å². The van der Waals surface area contributed by atoms with E-state index < -0.39 is 5.92 Å². The molecule has 4 nitrogen and oxygen atoms in total. The number of benzene rings is 1. The Kier molecular flexibility index (Phi) is 4.46. The molecule has 0 amide bonds. The molecule has 0 saturated heterocycles. The number of ether oxygens (including phenoxy) is 1. The van der Waals surface area contributed by atoms with Gasteiger partial charge in [0.2, 0.25) is 0 Å². The molecule has 0 spiro atoms. The van der Waals surface area contributed by atoms with E-state index in [0.717, 1.165) is 0 Å². The summed E-state index contributed by atoms with van der Waals surface area (Å²) in [5.74, 6) is -0.432. The summed E-state index contributed by atoms with van der Waals surface area (Å²) in [6.45, 7) is 2.47. The van der Waals surface area contributed by atoms with Crippen molar-refractivity contribution < 1.29 is 9.53 Å². The average molecular weight is 266 g/mol. The molecule has 20 heavy (non-hydrogen) atoms. The molecule has 2 rings (SSSR count). The van der Waals surface area contributed by atoms with Crippen LogP contribution in [0, 0.1) is 11.3 Å². The molecule has 0 aliphatic heterocycles. The third-order valence-electron chi connectivity index (χ3n) is 2.82. The number of pyridine rings is 1. The van der Waals surface area contributed by atoms with Crippen LogP contribution in [-0.2, 0) is 0 Å². The molecule has 100 valence electrons. The highest BCUT2D eigenvalue weighted by Gasteiger charge is 2.22. The van der Waals surface area contributed by atoms with Crippen LogP contribution in [0.15, 0.2) is 48.7 Å². The summed E-state index contributed by atoms with van der Waals surface area (Å²) in [6.07, 6.45) is 1.57. The number of hydrogen-bond acceptors (Lipinski definition) is 4. The minimum atomic E-state index is -0.880. The van der Waals surface area contributed by atoms with Gasteiger partial charge in [0.1, 0.15) is 5.75 Å². The molecule has 1 aromatic carbocycles. The second-order valence-electron chi connectivity index (χ2n) is 4.14. The van der Waals surface area contributed by atoms with Crippen molar-refractivity contribution in [3.63, 3.8) is 0 Å². The minimum absolute atomic E-state index is 0.255. The predicted octanol–water partition coefficient (Wildman–Crippen LogP) is 2.97. The first kappa shape index (κ1) is 13.8. The van der Waals surface area contributed by atoms with Gasteiger partial charge in [0.15, 0.2) is 11.7 Å². The number of aromatic nitrogens is 1. The Bertz CT molecular complexity index is 615. The summed E-state index contributed by atoms with van der Waals surface area (Å²) in [6, 6.07) is 14.0. The number of nitriles is 1. The van der Waals surface area contributed by atoms with E-state index in [4.69, 9.17) is 4.74 Å². The van der Waals surface area contributed by atoms with Crippen LogP contribution >= 0.6 is 0 Å². The molecular weight excluding hydrogens is 252 g/mol. The monoisotopic (exact) mass is 266 g/mol. The normalized spacial score (nSPS) is 11.4. The molecule has 1 heterocycles. The highest BCUT2D eigenvalue weighted by atomic mass is 16.5. The molecule has 0 saturated carbocycles. The van der Waals surface area contributed by atoms with Crippen LogP contribution < -0.4 is 4.74 Å². The predicted molar refractivity (Wildman–Crippen MR) is 74.5 cm³/mol. The van der Waals surface area contributed by atoms with E-state index in [9.17, 15) is 10.1 Å². The molecule has 0 radical (unpaired) electrons. The van der Waals surface area contributed by atoms with Crippen LogP contribution in [0.4, 0.5) is 0 Å². The summed E-state index contributed by atoms with van der Waals surface area (Å²) in [5.41, 5.74) is 0.944. The largest absolute Gasteiger partial charge is 0.494 e. The first-order chi connectivity index (χ1) is 9.76. The van der Waals surface area contributed by atoms with Gasteiger partial charge in [0, 0.05) is 11.8 Å². The van der Waals surface area contributed by atoms with Gasteiger partial charge in [-0.05, 0) is 43.3 Å². The number of nitrogens with zero attached hydrogens (tertiary/aromatic N) is 2. The lowest BCUT2D eigenvalue weighted by Crippen LogP contribution is -2.12. The summed E-state index contributed by atoms with van der Waals surface area (Å²) < 4.78 is 5.32. The van der Waals surface area contributed by atoms with E-state index in [1.165, 1.54) is 0 Å². The van der Waals surface area contributed by atoms with Gasteiger partial charge in [-0.1, -0.05) is 6.07 Å². The Balaban J connectivity index is 2.23. The Morgan fingerprint density at radius 2 is 2.05 bits per heavy atom. The lowest BCUT2D eigenvalue weighted by atomic mass is 9.95. The first-order valence-electron chi connectivity index (χ1n) is 6.34. The number of carbonyl (C=O) groups excluding carboxylic acids is 1. The average Bonchev–Trinajstić information content (AvgIpc) is 2.50. The molecule has 2 aromatic rings. The van der Waals surface area contributed by atoms with Crippen molar-refractivity contribution in [3.8, 4) is 11.8 Å². The van der Waals surface area contributed by atoms with E-state index in [2.05, 4.69) is 4.98 Å². The molecule has 0 N–H and O–H groups in total. The summed E-state index contributed by atoms with van der Waals surface area (Å²) in [4.78, 5) is 16.4. The highest BCUT2D eigenvalue weighted by Crippen LogP contribution is 2.20. The van der Waals surface area contributed by atoms with E-state index in [-0.39, 0.29) is 5.78 Å². The van der Waals surface area contributed by atoms with Gasteiger partial charge in [-0.15, -0.1) is 0 Å². The van der Waals surface area contributed by atoms with Gasteiger partial charge >= 0.3 is 0 Å². The van der Waals surface area contributed by atoms with Gasteiger partial charge in [-0.3, -0.25) is 9.78 Å². The quantitative estimate of drug-likeness (QED) is 0.780. The van der Waals surface area contributed by atoms with Crippen molar-refractivity contribution in [1.29, 1.82) is 5.26 Å². The second kappa shape index (κ2) is 6.48. The molecular formula is C16H14N2O2. The van der Waals surface area contributed by atoms with Gasteiger partial charge in [-0.25, -0.2) is 0 Å². The lowest BCUT2D eigenvalue weighted by Gasteiger charge is -2.08. The zero-order valence-corrected chi connectivity index (χ0v) is 11.1. The maximum atomic E-state index is 12.3. The first-order valence-corrected chi connectivity index (χ1v) is 6.34. The highest BCUT2D eigenvalue weighted by molar-refractivity contribution is 6.02. The SMILES string of the molecule is CCOc1ccc(C(=O)[C@@H](C#N)c2ccccn2)cc1. The van der Waals surface area contributed by atoms with Crippen molar-refractivity contribution in [1.82, 2.24) is 4.98 Å². The Hall–Kier alpha value is -2.67. The topological polar surface area (TPSA) is 63.0 Å². The van der Waals surface area contributed by atoms with Crippen molar-refractivity contribution in [2.24, 2.45) is 0 Å². The van der Waals surface area contributed by atoms with Crippen LogP contribution in [0.1, 0.15) is 28.9 Å². The molecule has 4 heteroatoms. The van der Waals surface area contributed by atoms with Gasteiger partial charge in [-0.2, -0.15) is 5.26 Å². The van der Waals surface area contributed by atoms with Crippen molar-refractivity contribution in [3.05, 3.63) is 59.9 Å². The lowest BCUT2D eigenvalue weighted by molar-refractivity contribution is 0.0977. The zero-order valence-electron chi connectivity index (χ0n) is 11.1. The summed E-state index contributed by atoms with van der Waals surface area (Å²) in [5, 5.41) is 9.21. The van der Waals surface area contributed by atoms with Crippen LogP contribution in [0.5, 0.6) is 5.75 Å². The van der Waals surface area contributed by atoms with Crippen molar-refractivity contribution in [2.75, 3.05) is 6.61 Å². The van der Waals surface area contributed by atoms with Crippen LogP contribution in [0.25, 0.3) is 0 Å². The molecule has 0 bridgehead atoms. The van der Waals surface area contributed by atoms with Gasteiger partial charge < -0.3 is 4.74 Å². The minimum Gasteiger partial charge on any atom is -0.494 e.